The summed E-state index contributed by atoms with van der Waals surface area (Å²) in [4.78, 5) is 14.7. The lowest BCUT2D eigenvalue weighted by Crippen LogP contribution is -1.84. The van der Waals surface area contributed by atoms with Crippen LogP contribution in [0.2, 0.25) is 0 Å². The summed E-state index contributed by atoms with van der Waals surface area (Å²) in [6.45, 7) is 3.54. The maximum atomic E-state index is 10.6. The van der Waals surface area contributed by atoms with Gasteiger partial charge in [-0.3, -0.25) is 4.79 Å². The molecule has 1 heterocycles. The standard InChI is InChI=1S/C11H11NOS/c1-9-5-6-12-11(8-9)4-3-7-14-10(2)13/h5-6,8H,7H2,1-2H3. The highest BCUT2D eigenvalue weighted by molar-refractivity contribution is 8.13. The van der Waals surface area contributed by atoms with Gasteiger partial charge in [0.25, 0.3) is 0 Å². The molecular formula is C11H11NOS. The van der Waals surface area contributed by atoms with Gasteiger partial charge in [-0.2, -0.15) is 0 Å². The number of aromatic nitrogens is 1. The van der Waals surface area contributed by atoms with Crippen molar-refractivity contribution in [2.45, 2.75) is 13.8 Å². The molecule has 0 aliphatic heterocycles. The van der Waals surface area contributed by atoms with Gasteiger partial charge in [-0.1, -0.05) is 17.7 Å². The Bertz CT molecular complexity index is 390. The molecule has 0 aliphatic rings. The van der Waals surface area contributed by atoms with Crippen LogP contribution in [-0.2, 0) is 4.79 Å². The number of carbonyl (C=O) groups excluding carboxylic acids is 1. The predicted octanol–water partition coefficient (Wildman–Crippen LogP) is 2.02. The Kier molecular flexibility index (Phi) is 4.21. The Balaban J connectivity index is 2.55. The summed E-state index contributed by atoms with van der Waals surface area (Å²) in [6.07, 6.45) is 1.73. The van der Waals surface area contributed by atoms with Crippen LogP contribution in [0.1, 0.15) is 18.2 Å². The summed E-state index contributed by atoms with van der Waals surface area (Å²) in [5.41, 5.74) is 1.90. The van der Waals surface area contributed by atoms with E-state index in [4.69, 9.17) is 0 Å². The Labute approximate surface area is 88.1 Å². The van der Waals surface area contributed by atoms with Crippen LogP contribution in [0.25, 0.3) is 0 Å². The number of aryl methyl sites for hydroxylation is 1. The van der Waals surface area contributed by atoms with E-state index < -0.39 is 0 Å². The third kappa shape index (κ3) is 4.11. The van der Waals surface area contributed by atoms with Crippen LogP contribution < -0.4 is 0 Å². The highest BCUT2D eigenvalue weighted by Crippen LogP contribution is 2.00. The summed E-state index contributed by atoms with van der Waals surface area (Å²) in [7, 11) is 0. The van der Waals surface area contributed by atoms with Crippen molar-refractivity contribution in [2.24, 2.45) is 0 Å². The van der Waals surface area contributed by atoms with Crippen LogP contribution in [0, 0.1) is 18.8 Å². The van der Waals surface area contributed by atoms with Gasteiger partial charge in [-0.15, -0.1) is 0 Å². The van der Waals surface area contributed by atoms with E-state index in [1.807, 2.05) is 19.1 Å². The van der Waals surface area contributed by atoms with Gasteiger partial charge >= 0.3 is 0 Å². The fourth-order valence-corrected chi connectivity index (χ4v) is 1.22. The van der Waals surface area contributed by atoms with Gasteiger partial charge in [-0.05, 0) is 30.5 Å². The molecule has 1 rings (SSSR count). The van der Waals surface area contributed by atoms with Gasteiger partial charge in [0, 0.05) is 13.1 Å². The maximum absolute atomic E-state index is 10.6. The molecule has 0 aromatic carbocycles. The zero-order chi connectivity index (χ0) is 10.4. The largest absolute Gasteiger partial charge is 0.288 e. The molecule has 0 saturated carbocycles. The lowest BCUT2D eigenvalue weighted by Gasteiger charge is -1.91. The van der Waals surface area contributed by atoms with Crippen molar-refractivity contribution in [2.75, 3.05) is 5.75 Å². The van der Waals surface area contributed by atoms with Crippen molar-refractivity contribution >= 4 is 16.9 Å². The number of carbonyl (C=O) groups is 1. The smallest absolute Gasteiger partial charge is 0.186 e. The molecule has 0 amide bonds. The number of rotatable bonds is 1. The van der Waals surface area contributed by atoms with Crippen LogP contribution in [-0.4, -0.2) is 15.9 Å². The summed E-state index contributed by atoms with van der Waals surface area (Å²) in [5, 5.41) is 0.0940. The van der Waals surface area contributed by atoms with Crippen molar-refractivity contribution in [1.82, 2.24) is 4.98 Å². The highest BCUT2D eigenvalue weighted by atomic mass is 32.2. The molecule has 2 nitrogen and oxygen atoms in total. The summed E-state index contributed by atoms with van der Waals surface area (Å²) in [5.74, 6) is 6.33. The fourth-order valence-electron chi connectivity index (χ4n) is 0.869. The fraction of sp³-hybridized carbons (Fsp3) is 0.273. The first-order valence-electron chi connectivity index (χ1n) is 4.23. The quantitative estimate of drug-likeness (QED) is 0.657. The third-order valence-corrected chi connectivity index (χ3v) is 2.17. The average molecular weight is 205 g/mol. The van der Waals surface area contributed by atoms with Crippen molar-refractivity contribution in [1.29, 1.82) is 0 Å². The van der Waals surface area contributed by atoms with Gasteiger partial charge in [0.1, 0.15) is 5.69 Å². The summed E-state index contributed by atoms with van der Waals surface area (Å²) >= 11 is 1.21. The Morgan fingerprint density at radius 3 is 3.07 bits per heavy atom. The first kappa shape index (κ1) is 10.8. The molecule has 72 valence electrons. The predicted molar refractivity (Wildman–Crippen MR) is 59.0 cm³/mol. The molecule has 0 bridgehead atoms. The van der Waals surface area contributed by atoms with E-state index in [-0.39, 0.29) is 5.12 Å². The third-order valence-electron chi connectivity index (χ3n) is 1.48. The van der Waals surface area contributed by atoms with Crippen LogP contribution in [0.5, 0.6) is 0 Å². The normalized spacial score (nSPS) is 9.00. The zero-order valence-electron chi connectivity index (χ0n) is 8.20. The number of pyridine rings is 1. The summed E-state index contributed by atoms with van der Waals surface area (Å²) in [6, 6.07) is 3.85. The molecule has 0 saturated heterocycles. The molecule has 1 aromatic rings. The molecule has 3 heteroatoms. The van der Waals surface area contributed by atoms with Gasteiger partial charge in [0.2, 0.25) is 0 Å². The number of hydrogen-bond acceptors (Lipinski definition) is 3. The molecule has 0 radical (unpaired) electrons. The van der Waals surface area contributed by atoms with E-state index in [9.17, 15) is 4.79 Å². The van der Waals surface area contributed by atoms with Gasteiger partial charge in [-0.25, -0.2) is 4.98 Å². The Morgan fingerprint density at radius 2 is 2.43 bits per heavy atom. The highest BCUT2D eigenvalue weighted by Gasteiger charge is 1.90. The lowest BCUT2D eigenvalue weighted by atomic mass is 10.2. The Morgan fingerprint density at radius 1 is 1.64 bits per heavy atom. The zero-order valence-corrected chi connectivity index (χ0v) is 9.02. The SMILES string of the molecule is CC(=O)SCC#Cc1cc(C)ccn1. The van der Waals surface area contributed by atoms with Crippen molar-refractivity contribution in [3.05, 3.63) is 29.6 Å². The molecule has 1 aromatic heterocycles. The summed E-state index contributed by atoms with van der Waals surface area (Å²) < 4.78 is 0. The van der Waals surface area contributed by atoms with Crippen molar-refractivity contribution in [3.63, 3.8) is 0 Å². The minimum absolute atomic E-state index is 0.0940. The minimum Gasteiger partial charge on any atom is -0.288 e. The molecule has 14 heavy (non-hydrogen) atoms. The molecule has 0 spiro atoms. The van der Waals surface area contributed by atoms with Gasteiger partial charge in [0.15, 0.2) is 5.12 Å². The number of thioether (sulfide) groups is 1. The second-order valence-corrected chi connectivity index (χ2v) is 3.95. The first-order chi connectivity index (χ1) is 6.68. The van der Waals surface area contributed by atoms with Crippen LogP contribution in [0.4, 0.5) is 0 Å². The van der Waals surface area contributed by atoms with Crippen LogP contribution in [0.3, 0.4) is 0 Å². The average Bonchev–Trinajstić information content (AvgIpc) is 2.12. The molecule has 0 N–H and O–H groups in total. The molecule has 0 atom stereocenters. The monoisotopic (exact) mass is 205 g/mol. The van der Waals surface area contributed by atoms with Gasteiger partial charge < -0.3 is 0 Å². The topological polar surface area (TPSA) is 30.0 Å². The van der Waals surface area contributed by atoms with Gasteiger partial charge in [0.05, 0.1) is 5.75 Å². The molecular weight excluding hydrogens is 194 g/mol. The van der Waals surface area contributed by atoms with E-state index in [0.717, 1.165) is 11.3 Å². The molecule has 0 fully saturated rings. The lowest BCUT2D eigenvalue weighted by molar-refractivity contribution is -0.109. The maximum Gasteiger partial charge on any atom is 0.186 e. The molecule has 0 unspecified atom stereocenters. The first-order valence-corrected chi connectivity index (χ1v) is 5.22. The second-order valence-electron chi connectivity index (χ2n) is 2.80. The van der Waals surface area contributed by atoms with Crippen LogP contribution in [0.15, 0.2) is 18.3 Å². The molecule has 0 aliphatic carbocycles. The van der Waals surface area contributed by atoms with E-state index in [1.165, 1.54) is 18.7 Å². The number of hydrogen-bond donors (Lipinski definition) is 0. The van der Waals surface area contributed by atoms with E-state index >= 15 is 0 Å². The van der Waals surface area contributed by atoms with Crippen molar-refractivity contribution < 1.29 is 4.79 Å². The number of nitrogens with zero attached hydrogens (tertiary/aromatic N) is 1. The van der Waals surface area contributed by atoms with Crippen molar-refractivity contribution in [3.8, 4) is 11.8 Å². The van der Waals surface area contributed by atoms with E-state index in [1.54, 1.807) is 6.20 Å². The second kappa shape index (κ2) is 5.46. The van der Waals surface area contributed by atoms with Crippen LogP contribution >= 0.6 is 11.8 Å². The van der Waals surface area contributed by atoms with E-state index in [0.29, 0.717) is 5.75 Å². The Hall–Kier alpha value is -1.27. The minimum atomic E-state index is 0.0940. The van der Waals surface area contributed by atoms with E-state index in [2.05, 4.69) is 16.8 Å².